The molecule has 0 saturated carbocycles. The lowest BCUT2D eigenvalue weighted by molar-refractivity contribution is -0.140. The molecule has 2 aromatic carbocycles. The van der Waals surface area contributed by atoms with E-state index in [4.69, 9.17) is 0 Å². The summed E-state index contributed by atoms with van der Waals surface area (Å²) in [5, 5.41) is 10.5. The molecule has 0 bridgehead atoms. The zero-order valence-electron chi connectivity index (χ0n) is 24.2. The van der Waals surface area contributed by atoms with Gasteiger partial charge < -0.3 is 14.7 Å². The molecular formula is C32H47NO4. The van der Waals surface area contributed by atoms with Gasteiger partial charge in [-0.05, 0) is 78.8 Å². The minimum Gasteiger partial charge on any atom is -0.469 e. The maximum absolute atomic E-state index is 12.6. The quantitative estimate of drug-likeness (QED) is 0.322. The van der Waals surface area contributed by atoms with Gasteiger partial charge in [-0.25, -0.2) is 0 Å². The lowest BCUT2D eigenvalue weighted by Gasteiger charge is -2.34. The predicted molar refractivity (Wildman–Crippen MR) is 152 cm³/mol. The second kappa shape index (κ2) is 13.2. The van der Waals surface area contributed by atoms with E-state index in [2.05, 4.69) is 76.6 Å². The van der Waals surface area contributed by atoms with Crippen LogP contribution in [0.3, 0.4) is 0 Å². The largest absolute Gasteiger partial charge is 0.469 e. The van der Waals surface area contributed by atoms with Crippen LogP contribution in [0, 0.1) is 12.3 Å². The van der Waals surface area contributed by atoms with Crippen molar-refractivity contribution in [2.24, 2.45) is 5.41 Å². The number of carbonyl (C=O) groups is 2. The number of aliphatic hydroxyl groups excluding tert-OH is 1. The van der Waals surface area contributed by atoms with Crippen molar-refractivity contribution in [2.75, 3.05) is 19.1 Å². The lowest BCUT2D eigenvalue weighted by atomic mass is 9.70. The van der Waals surface area contributed by atoms with E-state index in [0.29, 0.717) is 12.8 Å². The van der Waals surface area contributed by atoms with Gasteiger partial charge in [0.15, 0.2) is 0 Å². The van der Waals surface area contributed by atoms with Crippen LogP contribution in [-0.4, -0.2) is 37.2 Å². The van der Waals surface area contributed by atoms with Crippen molar-refractivity contribution in [3.8, 4) is 0 Å². The van der Waals surface area contributed by atoms with Gasteiger partial charge in [0.25, 0.3) is 0 Å². The third-order valence-electron chi connectivity index (χ3n) is 7.97. The van der Waals surface area contributed by atoms with Crippen LogP contribution >= 0.6 is 0 Å². The molecule has 0 aliphatic heterocycles. The Morgan fingerprint density at radius 2 is 1.57 bits per heavy atom. The van der Waals surface area contributed by atoms with Crippen molar-refractivity contribution in [2.45, 2.75) is 98.0 Å². The van der Waals surface area contributed by atoms with Gasteiger partial charge in [-0.3, -0.25) is 9.59 Å². The highest BCUT2D eigenvalue weighted by Gasteiger charge is 2.31. The molecule has 204 valence electrons. The Balaban J connectivity index is 2.21. The molecule has 1 N–H and O–H groups in total. The number of esters is 1. The summed E-state index contributed by atoms with van der Waals surface area (Å²) in [5.41, 5.74) is 5.71. The Morgan fingerprint density at radius 1 is 0.973 bits per heavy atom. The van der Waals surface area contributed by atoms with Crippen LogP contribution < -0.4 is 4.90 Å². The van der Waals surface area contributed by atoms with Gasteiger partial charge in [-0.15, -0.1) is 0 Å². The van der Waals surface area contributed by atoms with Crippen LogP contribution in [0.2, 0.25) is 0 Å². The number of aryl methyl sites for hydroxylation is 2. The molecule has 1 unspecified atom stereocenters. The highest BCUT2D eigenvalue weighted by Crippen LogP contribution is 2.40. The van der Waals surface area contributed by atoms with Crippen LogP contribution in [0.1, 0.15) is 95.4 Å². The molecule has 5 nitrogen and oxygen atoms in total. The number of ether oxygens (including phenoxy) is 1. The normalized spacial score (nSPS) is 12.8. The lowest BCUT2D eigenvalue weighted by Crippen LogP contribution is -2.28. The number of hydrogen-bond acceptors (Lipinski definition) is 4. The molecule has 5 heteroatoms. The summed E-state index contributed by atoms with van der Waals surface area (Å²) in [6.07, 6.45) is 4.26. The van der Waals surface area contributed by atoms with Crippen molar-refractivity contribution in [1.82, 2.24) is 0 Å². The van der Waals surface area contributed by atoms with E-state index < -0.39 is 0 Å². The fourth-order valence-corrected chi connectivity index (χ4v) is 5.03. The van der Waals surface area contributed by atoms with Crippen molar-refractivity contribution in [3.05, 3.63) is 64.7 Å². The number of methoxy groups -OCH3 is 1. The summed E-state index contributed by atoms with van der Waals surface area (Å²) >= 11 is 0. The molecule has 0 radical (unpaired) electrons. The minimum absolute atomic E-state index is 0.0170. The maximum Gasteiger partial charge on any atom is 0.305 e. The molecule has 2 aromatic rings. The highest BCUT2D eigenvalue weighted by atomic mass is 16.5. The third kappa shape index (κ3) is 7.67. The van der Waals surface area contributed by atoms with E-state index in [1.807, 2.05) is 12.1 Å². The van der Waals surface area contributed by atoms with Gasteiger partial charge in [-0.2, -0.15) is 0 Å². The van der Waals surface area contributed by atoms with Gasteiger partial charge in [0.05, 0.1) is 13.2 Å². The molecule has 37 heavy (non-hydrogen) atoms. The van der Waals surface area contributed by atoms with Crippen LogP contribution in [-0.2, 0) is 26.2 Å². The van der Waals surface area contributed by atoms with Gasteiger partial charge in [0.2, 0.25) is 5.91 Å². The Bertz CT molecular complexity index is 1030. The smallest absolute Gasteiger partial charge is 0.305 e. The van der Waals surface area contributed by atoms with E-state index in [-0.39, 0.29) is 35.2 Å². The van der Waals surface area contributed by atoms with E-state index >= 15 is 0 Å². The molecule has 1 amide bonds. The maximum atomic E-state index is 12.6. The monoisotopic (exact) mass is 509 g/mol. The molecule has 0 aliphatic carbocycles. The average Bonchev–Trinajstić information content (AvgIpc) is 2.88. The molecule has 2 rings (SSSR count). The summed E-state index contributed by atoms with van der Waals surface area (Å²) in [7, 11) is 3.14. The Morgan fingerprint density at radius 3 is 2.08 bits per heavy atom. The number of rotatable bonds is 12. The second-order valence-electron chi connectivity index (χ2n) is 11.3. The number of aliphatic hydroxyl groups is 1. The number of amides is 1. The number of benzene rings is 2. The van der Waals surface area contributed by atoms with Crippen molar-refractivity contribution < 1.29 is 19.4 Å². The fraction of sp³-hybridized carbons (Fsp3) is 0.562. The Hall–Kier alpha value is -2.66. The summed E-state index contributed by atoms with van der Waals surface area (Å²) in [6, 6.07) is 15.1. The van der Waals surface area contributed by atoms with Crippen molar-refractivity contribution in [1.29, 1.82) is 0 Å². The number of hydrogen-bond donors (Lipinski definition) is 1. The molecule has 0 heterocycles. The topological polar surface area (TPSA) is 66.8 Å². The third-order valence-corrected chi connectivity index (χ3v) is 7.97. The molecule has 0 aromatic heterocycles. The molecule has 0 aliphatic rings. The predicted octanol–water partition coefficient (Wildman–Crippen LogP) is 6.75. The van der Waals surface area contributed by atoms with E-state index in [1.54, 1.807) is 11.9 Å². The first kappa shape index (κ1) is 30.6. The number of anilines is 1. The zero-order chi connectivity index (χ0) is 27.8. The zero-order valence-corrected chi connectivity index (χ0v) is 24.2. The summed E-state index contributed by atoms with van der Waals surface area (Å²) in [6.45, 7) is 12.9. The molecule has 1 atom stereocenters. The van der Waals surface area contributed by atoms with Gasteiger partial charge in [0, 0.05) is 31.0 Å². The second-order valence-corrected chi connectivity index (χ2v) is 11.3. The Kier molecular flexibility index (Phi) is 10.9. The first-order valence-corrected chi connectivity index (χ1v) is 13.6. The van der Waals surface area contributed by atoms with E-state index in [0.717, 1.165) is 31.4 Å². The average molecular weight is 510 g/mol. The summed E-state index contributed by atoms with van der Waals surface area (Å²) in [4.78, 5) is 25.6. The Labute approximate surface area is 224 Å². The number of carbonyl (C=O) groups excluding carboxylic acids is 2. The van der Waals surface area contributed by atoms with Gasteiger partial charge >= 0.3 is 5.97 Å². The van der Waals surface area contributed by atoms with Gasteiger partial charge in [0.1, 0.15) is 0 Å². The first-order chi connectivity index (χ1) is 17.4. The first-order valence-electron chi connectivity index (χ1n) is 13.6. The highest BCUT2D eigenvalue weighted by molar-refractivity contribution is 5.93. The number of nitrogens with zero attached hydrogens (tertiary/aromatic N) is 1. The van der Waals surface area contributed by atoms with Crippen LogP contribution in [0.25, 0.3) is 0 Å². The van der Waals surface area contributed by atoms with Crippen LogP contribution in [0.5, 0.6) is 0 Å². The standard InChI is InChI=1S/C32H47NO4/c1-9-32(10-2,26-16-14-24(23(3)22-26)15-21-28(34)31(4,5)6)25-17-19-27(20-18-25)33(7)29(35)12-11-13-30(36)37-8/h14,16-20,22,28,34H,9-13,15,21H2,1-8H3. The van der Waals surface area contributed by atoms with E-state index in [1.165, 1.54) is 29.4 Å². The fourth-order valence-electron chi connectivity index (χ4n) is 5.03. The van der Waals surface area contributed by atoms with E-state index in [9.17, 15) is 14.7 Å². The van der Waals surface area contributed by atoms with Crippen molar-refractivity contribution >= 4 is 17.6 Å². The van der Waals surface area contributed by atoms with Crippen LogP contribution in [0.4, 0.5) is 5.69 Å². The molecule has 0 spiro atoms. The van der Waals surface area contributed by atoms with Crippen LogP contribution in [0.15, 0.2) is 42.5 Å². The SMILES string of the molecule is CCC(CC)(c1ccc(N(C)C(=O)CCCC(=O)OC)cc1)c1ccc(CCC(O)C(C)(C)C)c(C)c1. The molecular weight excluding hydrogens is 462 g/mol. The molecule has 0 fully saturated rings. The summed E-state index contributed by atoms with van der Waals surface area (Å²) in [5.74, 6) is -0.308. The van der Waals surface area contributed by atoms with Gasteiger partial charge in [-0.1, -0.05) is 65.0 Å². The minimum atomic E-state index is -0.326. The summed E-state index contributed by atoms with van der Waals surface area (Å²) < 4.78 is 4.65. The molecule has 0 saturated heterocycles. The van der Waals surface area contributed by atoms with Crippen molar-refractivity contribution in [3.63, 3.8) is 0 Å².